The number of ether oxygens (including phenoxy) is 2. The van der Waals surface area contributed by atoms with E-state index in [1.165, 1.54) is 14.0 Å². The van der Waals surface area contributed by atoms with E-state index in [0.29, 0.717) is 35.7 Å². The number of fused-ring (bicyclic) bond motifs is 13. The van der Waals surface area contributed by atoms with E-state index in [1.54, 1.807) is 0 Å². The van der Waals surface area contributed by atoms with Gasteiger partial charge in [0.05, 0.1) is 30.6 Å². The van der Waals surface area contributed by atoms with E-state index in [0.717, 1.165) is 32.9 Å². The minimum atomic E-state index is -4.53. The summed E-state index contributed by atoms with van der Waals surface area (Å²) in [7, 11) is 1.40. The van der Waals surface area contributed by atoms with E-state index in [9.17, 15) is 18.0 Å². The monoisotopic (exact) mass is 567 g/mol. The van der Waals surface area contributed by atoms with Gasteiger partial charge in [0.1, 0.15) is 0 Å². The zero-order valence-electron chi connectivity index (χ0n) is 22.9. The molecule has 0 saturated heterocycles. The third-order valence-corrected chi connectivity index (χ3v) is 7.94. The first-order valence-electron chi connectivity index (χ1n) is 13.7. The van der Waals surface area contributed by atoms with E-state index in [2.05, 4.69) is 10.2 Å². The number of aromatic nitrogens is 4. The van der Waals surface area contributed by atoms with E-state index < -0.39 is 18.4 Å². The van der Waals surface area contributed by atoms with Gasteiger partial charge in [-0.2, -0.15) is 13.2 Å². The topological polar surface area (TPSA) is 80.2 Å². The van der Waals surface area contributed by atoms with Crippen LogP contribution in [0.2, 0.25) is 0 Å². The van der Waals surface area contributed by atoms with Gasteiger partial charge in [0.15, 0.2) is 0 Å². The Morgan fingerprint density at radius 1 is 1.00 bits per heavy atom. The van der Waals surface area contributed by atoms with Crippen molar-refractivity contribution >= 4 is 21.8 Å². The Morgan fingerprint density at radius 3 is 2.32 bits per heavy atom. The van der Waals surface area contributed by atoms with Gasteiger partial charge in [0, 0.05) is 78.1 Å². The number of halogens is 3. The number of benzene rings is 2. The summed E-state index contributed by atoms with van der Waals surface area (Å²) in [5, 5.41) is 7.72. The van der Waals surface area contributed by atoms with Crippen LogP contribution in [0.5, 0.6) is 0 Å². The summed E-state index contributed by atoms with van der Waals surface area (Å²) in [6.07, 6.45) is -0.968. The molecule has 0 spiro atoms. The molecule has 2 unspecified atom stereocenters. The lowest BCUT2D eigenvalue weighted by atomic mass is 10.0. The van der Waals surface area contributed by atoms with Gasteiger partial charge in [-0.3, -0.25) is 15.0 Å². The number of hydrogen-bond donors (Lipinski definition) is 2. The average molecular weight is 568 g/mol. The standard InChI is InChI=1S/C30H32F3N5O3/c1-19(18-40-2)38(30(31,32)33)15-20-11-12-36-17-24(22-8-4-6-10-26(22)36)28-27(29(39)35-34-28)23-16-37(13-14-41-20)25-9-5-3-7-21(23)25/h3-10,16-17,19-20H,11-15,18H2,1-2H3,(H2,34,35,39). The van der Waals surface area contributed by atoms with Crippen LogP contribution in [0.3, 0.4) is 0 Å². The van der Waals surface area contributed by atoms with Gasteiger partial charge in [0.2, 0.25) is 0 Å². The molecule has 0 amide bonds. The van der Waals surface area contributed by atoms with Gasteiger partial charge in [0.25, 0.3) is 5.56 Å². The number of nitrogens with one attached hydrogen (secondary N) is 2. The smallest absolute Gasteiger partial charge is 0.383 e. The summed E-state index contributed by atoms with van der Waals surface area (Å²) in [4.78, 5) is 13.7. The fourth-order valence-electron chi connectivity index (χ4n) is 5.99. The quantitative estimate of drug-likeness (QED) is 0.271. The van der Waals surface area contributed by atoms with Gasteiger partial charge in [-0.15, -0.1) is 0 Å². The number of rotatable bonds is 5. The van der Waals surface area contributed by atoms with Crippen molar-refractivity contribution < 1.29 is 22.6 Å². The van der Waals surface area contributed by atoms with E-state index in [4.69, 9.17) is 9.47 Å². The van der Waals surface area contributed by atoms with Crippen LogP contribution < -0.4 is 5.56 Å². The molecule has 8 nitrogen and oxygen atoms in total. The molecule has 4 heterocycles. The van der Waals surface area contributed by atoms with Crippen molar-refractivity contribution in [1.29, 1.82) is 0 Å². The third-order valence-electron chi connectivity index (χ3n) is 7.94. The van der Waals surface area contributed by atoms with Gasteiger partial charge >= 0.3 is 6.30 Å². The minimum Gasteiger partial charge on any atom is -0.383 e. The van der Waals surface area contributed by atoms with Crippen molar-refractivity contribution in [3.8, 4) is 22.4 Å². The Hall–Kier alpha value is -3.80. The van der Waals surface area contributed by atoms with Crippen molar-refractivity contribution in [2.75, 3.05) is 26.9 Å². The molecule has 0 saturated carbocycles. The zero-order chi connectivity index (χ0) is 28.7. The van der Waals surface area contributed by atoms with Gasteiger partial charge < -0.3 is 18.6 Å². The molecule has 5 aromatic rings. The molecule has 0 aliphatic carbocycles. The second-order valence-corrected chi connectivity index (χ2v) is 10.5. The Balaban J connectivity index is 1.48. The first kappa shape index (κ1) is 27.4. The van der Waals surface area contributed by atoms with Crippen molar-refractivity contribution in [3.05, 3.63) is 71.3 Å². The van der Waals surface area contributed by atoms with Crippen LogP contribution in [0.15, 0.2) is 65.7 Å². The minimum absolute atomic E-state index is 0.0485. The summed E-state index contributed by atoms with van der Waals surface area (Å²) in [5.74, 6) is 0. The third kappa shape index (κ3) is 5.09. The van der Waals surface area contributed by atoms with Crippen molar-refractivity contribution in [2.24, 2.45) is 0 Å². The average Bonchev–Trinajstić information content (AvgIpc) is 3.62. The fraction of sp³-hybridized carbons (Fsp3) is 0.367. The molecule has 0 fully saturated rings. The molecule has 2 aromatic carbocycles. The number of aromatic amines is 2. The molecule has 41 heavy (non-hydrogen) atoms. The highest BCUT2D eigenvalue weighted by molar-refractivity contribution is 6.03. The second kappa shape index (κ2) is 10.9. The molecule has 2 atom stereocenters. The zero-order valence-corrected chi connectivity index (χ0v) is 22.9. The van der Waals surface area contributed by atoms with Crippen LogP contribution in [-0.4, -0.2) is 69.5 Å². The molecule has 0 radical (unpaired) electrons. The maximum absolute atomic E-state index is 14.1. The summed E-state index contributed by atoms with van der Waals surface area (Å²) >= 11 is 0. The van der Waals surface area contributed by atoms with Crippen LogP contribution in [0.25, 0.3) is 44.2 Å². The Morgan fingerprint density at radius 2 is 1.63 bits per heavy atom. The highest BCUT2D eigenvalue weighted by Crippen LogP contribution is 2.38. The molecule has 2 N–H and O–H groups in total. The number of alkyl halides is 3. The first-order valence-corrected chi connectivity index (χ1v) is 13.7. The number of para-hydroxylation sites is 2. The number of nitrogens with zero attached hydrogens (tertiary/aromatic N) is 3. The molecular formula is C30H32F3N5O3. The molecule has 3 aromatic heterocycles. The van der Waals surface area contributed by atoms with E-state index >= 15 is 0 Å². The van der Waals surface area contributed by atoms with Crippen molar-refractivity contribution in [2.45, 2.75) is 44.9 Å². The summed E-state index contributed by atoms with van der Waals surface area (Å²) in [6, 6.07) is 14.8. The normalized spacial score (nSPS) is 17.2. The Bertz CT molecular complexity index is 1730. The van der Waals surface area contributed by atoms with Crippen LogP contribution >= 0.6 is 0 Å². The highest BCUT2D eigenvalue weighted by atomic mass is 19.4. The molecule has 1 aliphatic rings. The SMILES string of the molecule is COCC(C)N(CC1CCn2cc(c3ccccc32)-c2[nH][nH]c(=O)c2-c2cn(c3ccccc23)CCO1)C(F)(F)F. The number of hydrogen-bond acceptors (Lipinski definition) is 4. The molecule has 11 heteroatoms. The summed E-state index contributed by atoms with van der Waals surface area (Å²) in [6.45, 7) is 2.21. The summed E-state index contributed by atoms with van der Waals surface area (Å²) in [5.41, 5.74) is 4.46. The maximum atomic E-state index is 14.1. The van der Waals surface area contributed by atoms with Crippen LogP contribution in [0.4, 0.5) is 13.2 Å². The molecule has 1 aliphatic heterocycles. The molecule has 4 bridgehead atoms. The van der Waals surface area contributed by atoms with E-state index in [1.807, 2.05) is 70.1 Å². The van der Waals surface area contributed by atoms with Crippen molar-refractivity contribution in [3.63, 3.8) is 0 Å². The number of H-pyrrole nitrogens is 2. The van der Waals surface area contributed by atoms with Gasteiger partial charge in [-0.25, -0.2) is 4.90 Å². The van der Waals surface area contributed by atoms with Crippen LogP contribution in [-0.2, 0) is 22.6 Å². The molecule has 6 rings (SSSR count). The summed E-state index contributed by atoms with van der Waals surface area (Å²) < 4.78 is 57.6. The predicted molar refractivity (Wildman–Crippen MR) is 152 cm³/mol. The lowest BCUT2D eigenvalue weighted by molar-refractivity contribution is -0.267. The first-order chi connectivity index (χ1) is 19.8. The highest BCUT2D eigenvalue weighted by Gasteiger charge is 2.41. The number of aryl methyl sites for hydroxylation is 1. The van der Waals surface area contributed by atoms with Crippen molar-refractivity contribution in [1.82, 2.24) is 24.2 Å². The Kier molecular flexibility index (Phi) is 7.27. The number of methoxy groups -OCH3 is 1. The second-order valence-electron chi connectivity index (χ2n) is 10.5. The Labute approximate surface area is 234 Å². The van der Waals surface area contributed by atoms with E-state index in [-0.39, 0.29) is 25.3 Å². The van der Waals surface area contributed by atoms with Gasteiger partial charge in [-0.1, -0.05) is 36.4 Å². The van der Waals surface area contributed by atoms with Gasteiger partial charge in [-0.05, 0) is 25.5 Å². The predicted octanol–water partition coefficient (Wildman–Crippen LogP) is 5.59. The lowest BCUT2D eigenvalue weighted by Gasteiger charge is -2.33. The molecular weight excluding hydrogens is 535 g/mol. The fourth-order valence-corrected chi connectivity index (χ4v) is 5.99. The molecule has 216 valence electrons. The largest absolute Gasteiger partial charge is 0.460 e. The van der Waals surface area contributed by atoms with Crippen LogP contribution in [0.1, 0.15) is 13.3 Å². The van der Waals surface area contributed by atoms with Crippen LogP contribution in [0, 0.1) is 0 Å². The lowest BCUT2D eigenvalue weighted by Crippen LogP contribution is -2.50. The maximum Gasteiger partial charge on any atom is 0.460 e.